The fourth-order valence-electron chi connectivity index (χ4n) is 0. The van der Waals surface area contributed by atoms with Crippen molar-refractivity contribution in [3.05, 3.63) is 0 Å². The van der Waals surface area contributed by atoms with E-state index in [1.165, 1.54) is 0 Å². The zero-order valence-electron chi connectivity index (χ0n) is 1.93. The molecule has 0 saturated carbocycles. The number of hydrogen-bond donors (Lipinski definition) is 2. The van der Waals surface area contributed by atoms with Crippen LogP contribution in [0.3, 0.4) is 0 Å². The Morgan fingerprint density at radius 3 is 2.00 bits per heavy atom. The monoisotopic (exact) mass is 120 g/mol. The Hall–Kier alpha value is 1.28. The van der Waals surface area contributed by atoms with Gasteiger partial charge in [-0.25, -0.2) is 0 Å². The van der Waals surface area contributed by atoms with Gasteiger partial charge in [0.25, 0.3) is 8.61 Å². The molecular formula is H5CaN2OP. The molecule has 0 atom stereocenters. The predicted molar refractivity (Wildman–Crippen MR) is 23.5 cm³/mol. The molecule has 0 aliphatic rings. The number of hydrogen-bond acceptors (Lipinski definition) is 2. The van der Waals surface area contributed by atoms with Gasteiger partial charge in [-0.05, 0) is 0 Å². The number of nitrogens with one attached hydrogen (secondary N) is 1. The molecule has 0 saturated heterocycles. The molecule has 0 aromatic carbocycles. The third-order valence-corrected chi connectivity index (χ3v) is 0.158. The van der Waals surface area contributed by atoms with Crippen LogP contribution in [0, 0.1) is 0 Å². The SMILES string of the molecule is NNP=O.[CaH2]. The number of hydrazine groups is 1. The molecule has 3 N–H and O–H groups in total. The molecule has 0 aliphatic carbocycles. The summed E-state index contributed by atoms with van der Waals surface area (Å²) in [6.07, 6.45) is 0. The van der Waals surface area contributed by atoms with Gasteiger partial charge in [0, 0.05) is 0 Å². The van der Waals surface area contributed by atoms with E-state index >= 15 is 0 Å². The van der Waals surface area contributed by atoms with Crippen molar-refractivity contribution in [3.8, 4) is 0 Å². The van der Waals surface area contributed by atoms with Crippen LogP contribution in [0.1, 0.15) is 0 Å². The van der Waals surface area contributed by atoms with Gasteiger partial charge in [-0.15, -0.1) is 0 Å². The predicted octanol–water partition coefficient (Wildman–Crippen LogP) is -1.26. The topological polar surface area (TPSA) is 55.1 Å². The Kier molecular flexibility index (Phi) is 17.2. The quantitative estimate of drug-likeness (QED) is 0.196. The molecule has 0 aliphatic heterocycles. The summed E-state index contributed by atoms with van der Waals surface area (Å²) in [7, 11) is -0.224. The summed E-state index contributed by atoms with van der Waals surface area (Å²) in [6.45, 7) is 0. The minimum absolute atomic E-state index is 0. The molecule has 5 heteroatoms. The number of nitrogens with two attached hydrogens (primary N) is 1. The summed E-state index contributed by atoms with van der Waals surface area (Å²) < 4.78 is 9.03. The van der Waals surface area contributed by atoms with Gasteiger partial charge in [0.15, 0.2) is 0 Å². The fraction of sp³-hybridized carbons (Fsp3) is 0. The molecule has 0 rings (SSSR count). The molecule has 0 spiro atoms. The Morgan fingerprint density at radius 2 is 2.00 bits per heavy atom. The first-order valence-corrected chi connectivity index (χ1v) is 1.51. The van der Waals surface area contributed by atoms with Gasteiger partial charge >= 0.3 is 37.7 Å². The average molecular weight is 120 g/mol. The van der Waals surface area contributed by atoms with Crippen molar-refractivity contribution < 1.29 is 4.57 Å². The first-order chi connectivity index (χ1) is 1.91. The van der Waals surface area contributed by atoms with Gasteiger partial charge in [0.05, 0.1) is 0 Å². The zero-order chi connectivity index (χ0) is 3.41. The van der Waals surface area contributed by atoms with Crippen LogP contribution in [-0.2, 0) is 4.57 Å². The van der Waals surface area contributed by atoms with Crippen molar-refractivity contribution in [2.75, 3.05) is 0 Å². The Bertz CT molecular complexity index is 23.6. The Labute approximate surface area is 61.5 Å². The van der Waals surface area contributed by atoms with Gasteiger partial charge < -0.3 is 0 Å². The zero-order valence-corrected chi connectivity index (χ0v) is 2.83. The second-order valence-electron chi connectivity index (χ2n) is 0.220. The van der Waals surface area contributed by atoms with E-state index in [1.807, 2.05) is 5.20 Å². The average Bonchev–Trinajstić information content (AvgIpc) is 1.37. The van der Waals surface area contributed by atoms with E-state index in [-0.39, 0.29) is 46.3 Å². The summed E-state index contributed by atoms with van der Waals surface area (Å²) in [5.74, 6) is 4.45. The Morgan fingerprint density at radius 1 is 1.80 bits per heavy atom. The van der Waals surface area contributed by atoms with Crippen molar-refractivity contribution >= 4 is 46.3 Å². The summed E-state index contributed by atoms with van der Waals surface area (Å²) in [6, 6.07) is 0. The van der Waals surface area contributed by atoms with E-state index < -0.39 is 0 Å². The van der Waals surface area contributed by atoms with Gasteiger partial charge in [-0.3, -0.25) is 10.4 Å². The number of rotatable bonds is 1. The van der Waals surface area contributed by atoms with E-state index in [4.69, 9.17) is 4.57 Å². The van der Waals surface area contributed by atoms with Crippen LogP contribution < -0.4 is 11.0 Å². The van der Waals surface area contributed by atoms with E-state index in [9.17, 15) is 0 Å². The molecular weight excluding hydrogens is 115 g/mol. The summed E-state index contributed by atoms with van der Waals surface area (Å²) in [4.78, 5) is 0. The van der Waals surface area contributed by atoms with E-state index in [0.717, 1.165) is 0 Å². The molecule has 3 nitrogen and oxygen atoms in total. The van der Waals surface area contributed by atoms with Crippen LogP contribution in [0.2, 0.25) is 0 Å². The second kappa shape index (κ2) is 8.99. The molecule has 0 heterocycles. The van der Waals surface area contributed by atoms with E-state index in [0.29, 0.717) is 0 Å². The van der Waals surface area contributed by atoms with Crippen molar-refractivity contribution in [1.29, 1.82) is 0 Å². The van der Waals surface area contributed by atoms with E-state index in [2.05, 4.69) is 5.84 Å². The normalized spacial score (nSPS) is 6.60. The molecule has 28 valence electrons. The summed E-state index contributed by atoms with van der Waals surface area (Å²) in [5, 5.41) is 1.85. The van der Waals surface area contributed by atoms with Gasteiger partial charge in [0.2, 0.25) is 0 Å². The molecule has 5 heavy (non-hydrogen) atoms. The van der Waals surface area contributed by atoms with Crippen molar-refractivity contribution in [2.45, 2.75) is 0 Å². The molecule has 0 bridgehead atoms. The first kappa shape index (κ1) is 9.56. The van der Waals surface area contributed by atoms with Crippen LogP contribution >= 0.6 is 8.61 Å². The first-order valence-electron chi connectivity index (χ1n) is 0.695. The third-order valence-electron chi connectivity index (χ3n) is 0.0527. The maximum absolute atomic E-state index is 9.03. The van der Waals surface area contributed by atoms with Crippen molar-refractivity contribution in [2.24, 2.45) is 5.84 Å². The molecule has 0 aromatic rings. The molecule has 0 fully saturated rings. The van der Waals surface area contributed by atoms with Crippen LogP contribution in [0.25, 0.3) is 0 Å². The van der Waals surface area contributed by atoms with Crippen LogP contribution in [0.4, 0.5) is 0 Å². The third kappa shape index (κ3) is 10.9. The van der Waals surface area contributed by atoms with Crippen molar-refractivity contribution in [3.63, 3.8) is 0 Å². The Balaban J connectivity index is 0. The molecule has 0 radical (unpaired) electrons. The van der Waals surface area contributed by atoms with Gasteiger partial charge in [0.1, 0.15) is 0 Å². The van der Waals surface area contributed by atoms with Gasteiger partial charge in [-0.2, -0.15) is 5.20 Å². The minimum atomic E-state index is -0.224. The molecule has 0 aromatic heterocycles. The summed E-state index contributed by atoms with van der Waals surface area (Å²) in [5.41, 5.74) is 0. The van der Waals surface area contributed by atoms with Crippen LogP contribution in [0.15, 0.2) is 0 Å². The van der Waals surface area contributed by atoms with E-state index in [1.54, 1.807) is 0 Å². The van der Waals surface area contributed by atoms with Crippen LogP contribution in [-0.4, -0.2) is 37.7 Å². The van der Waals surface area contributed by atoms with Crippen LogP contribution in [0.5, 0.6) is 0 Å². The molecule has 0 unspecified atom stereocenters. The standard InChI is InChI=1S/Ca.H3N2OP.2H/c;1-2-4-3;;/h;1H2,(H,2,3);;. The van der Waals surface area contributed by atoms with Gasteiger partial charge in [-0.1, -0.05) is 0 Å². The van der Waals surface area contributed by atoms with Crippen molar-refractivity contribution in [1.82, 2.24) is 5.20 Å². The fourth-order valence-corrected chi connectivity index (χ4v) is 0. The second-order valence-corrected chi connectivity index (χ2v) is 0.661. The maximum atomic E-state index is 9.03. The molecule has 0 amide bonds. The summed E-state index contributed by atoms with van der Waals surface area (Å²) >= 11 is 0.